The van der Waals surface area contributed by atoms with Crippen LogP contribution in [0.1, 0.15) is 53.4 Å². The molecule has 0 aromatic heterocycles. The number of nitrogens with one attached hydrogen (secondary N) is 5. The summed E-state index contributed by atoms with van der Waals surface area (Å²) in [6, 6.07) is -10.3. The summed E-state index contributed by atoms with van der Waals surface area (Å²) in [6.45, 7) is 4.01. The number of aliphatic carboxylic acids is 1. The van der Waals surface area contributed by atoms with E-state index in [1.807, 2.05) is 0 Å². The van der Waals surface area contributed by atoms with Gasteiger partial charge in [0.15, 0.2) is 5.96 Å². The summed E-state index contributed by atoms with van der Waals surface area (Å²) >= 11 is 0. The Morgan fingerprint density at radius 2 is 1.27 bits per heavy atom. The Morgan fingerprint density at radius 3 is 1.75 bits per heavy atom. The molecule has 22 heteroatoms. The molecule has 0 spiro atoms. The van der Waals surface area contributed by atoms with Gasteiger partial charge < -0.3 is 74.2 Å². The number of carbonyl (C=O) groups is 7. The molecule has 0 unspecified atom stereocenters. The van der Waals surface area contributed by atoms with Crippen molar-refractivity contribution in [1.29, 1.82) is 0 Å². The highest BCUT2D eigenvalue weighted by molar-refractivity contribution is 5.97. The Kier molecular flexibility index (Phi) is 18.2. The van der Waals surface area contributed by atoms with Gasteiger partial charge in [0.25, 0.3) is 0 Å². The van der Waals surface area contributed by atoms with Gasteiger partial charge in [-0.1, -0.05) is 0 Å². The van der Waals surface area contributed by atoms with E-state index in [-0.39, 0.29) is 38.3 Å². The molecule has 10 atom stereocenters. The number of carboxylic acids is 1. The lowest BCUT2D eigenvalue weighted by Crippen LogP contribution is -2.63. The highest BCUT2D eigenvalue weighted by Crippen LogP contribution is 2.20. The molecule has 6 amide bonds. The Labute approximate surface area is 293 Å². The third-order valence-corrected chi connectivity index (χ3v) is 7.80. The number of aliphatic hydroxyl groups excluding tert-OH is 4. The summed E-state index contributed by atoms with van der Waals surface area (Å²) in [5.74, 6) is -7.46. The van der Waals surface area contributed by atoms with Crippen molar-refractivity contribution in [2.75, 3.05) is 19.7 Å². The third-order valence-electron chi connectivity index (χ3n) is 7.80. The monoisotopic (exact) mass is 732 g/mol. The normalized spacial score (nSPS) is 19.4. The Hall–Kier alpha value is -4.64. The van der Waals surface area contributed by atoms with Crippen molar-refractivity contribution < 1.29 is 59.1 Å². The first-order chi connectivity index (χ1) is 23.7. The van der Waals surface area contributed by atoms with Crippen molar-refractivity contribution in [2.24, 2.45) is 22.2 Å². The molecule has 1 aliphatic heterocycles. The van der Waals surface area contributed by atoms with Gasteiger partial charge in [0.2, 0.25) is 35.4 Å². The van der Waals surface area contributed by atoms with Crippen molar-refractivity contribution in [3.63, 3.8) is 0 Å². The maximum atomic E-state index is 13.2. The van der Waals surface area contributed by atoms with Gasteiger partial charge in [-0.05, 0) is 53.4 Å². The summed E-state index contributed by atoms with van der Waals surface area (Å²) in [6.07, 6.45) is -4.05. The van der Waals surface area contributed by atoms with E-state index in [9.17, 15) is 59.1 Å². The van der Waals surface area contributed by atoms with Crippen LogP contribution in [0, 0.1) is 0 Å². The van der Waals surface area contributed by atoms with Crippen LogP contribution >= 0.6 is 0 Å². The molecular formula is C29H52N10O12. The van der Waals surface area contributed by atoms with Crippen molar-refractivity contribution in [1.82, 2.24) is 31.5 Å². The van der Waals surface area contributed by atoms with Crippen LogP contribution in [0.5, 0.6) is 0 Å². The number of aliphatic imine (C=N–C) groups is 1. The molecule has 0 bridgehead atoms. The maximum absolute atomic E-state index is 13.2. The van der Waals surface area contributed by atoms with E-state index >= 15 is 0 Å². The van der Waals surface area contributed by atoms with E-state index in [1.165, 1.54) is 13.8 Å². The molecule has 22 nitrogen and oxygen atoms in total. The minimum atomic E-state index is -1.81. The summed E-state index contributed by atoms with van der Waals surface area (Å²) in [4.78, 5) is 94.3. The van der Waals surface area contributed by atoms with Crippen LogP contribution in [0.25, 0.3) is 0 Å². The fourth-order valence-corrected chi connectivity index (χ4v) is 4.95. The molecule has 1 aliphatic rings. The van der Waals surface area contributed by atoms with Gasteiger partial charge in [0.05, 0.1) is 31.0 Å². The first-order valence-corrected chi connectivity index (χ1v) is 16.2. The van der Waals surface area contributed by atoms with Gasteiger partial charge in [-0.2, -0.15) is 0 Å². The molecular weight excluding hydrogens is 680 g/mol. The van der Waals surface area contributed by atoms with Crippen molar-refractivity contribution in [3.8, 4) is 0 Å². The number of carboxylic acid groups (broad SMARTS) is 1. The molecule has 0 aromatic carbocycles. The second-order valence-corrected chi connectivity index (χ2v) is 12.3. The van der Waals surface area contributed by atoms with Gasteiger partial charge in [-0.3, -0.25) is 33.8 Å². The first kappa shape index (κ1) is 44.4. The largest absolute Gasteiger partial charge is 0.480 e. The van der Waals surface area contributed by atoms with Gasteiger partial charge >= 0.3 is 5.97 Å². The molecule has 16 N–H and O–H groups in total. The first-order valence-electron chi connectivity index (χ1n) is 16.2. The number of nitrogens with two attached hydrogens (primary N) is 3. The van der Waals surface area contributed by atoms with E-state index in [4.69, 9.17) is 17.2 Å². The number of rotatable bonds is 20. The Bertz CT molecular complexity index is 1270. The average Bonchev–Trinajstić information content (AvgIpc) is 3.54. The van der Waals surface area contributed by atoms with E-state index in [1.54, 1.807) is 0 Å². The molecule has 0 aliphatic carbocycles. The molecule has 0 saturated carbocycles. The fraction of sp³-hybridized carbons (Fsp3) is 0.724. The zero-order valence-electron chi connectivity index (χ0n) is 28.9. The summed E-state index contributed by atoms with van der Waals surface area (Å²) < 4.78 is 0. The maximum Gasteiger partial charge on any atom is 0.326 e. The van der Waals surface area contributed by atoms with Crippen LogP contribution in [0.4, 0.5) is 0 Å². The lowest BCUT2D eigenvalue weighted by molar-refractivity contribution is -0.144. The highest BCUT2D eigenvalue weighted by atomic mass is 16.4. The molecule has 1 saturated heterocycles. The highest BCUT2D eigenvalue weighted by Gasteiger charge is 2.41. The topological polar surface area (TPSA) is 374 Å². The van der Waals surface area contributed by atoms with Gasteiger partial charge in [0, 0.05) is 13.1 Å². The van der Waals surface area contributed by atoms with Crippen LogP contribution in [0.3, 0.4) is 0 Å². The predicted octanol–water partition coefficient (Wildman–Crippen LogP) is -6.98. The average molecular weight is 733 g/mol. The Morgan fingerprint density at radius 1 is 0.765 bits per heavy atom. The van der Waals surface area contributed by atoms with Crippen LogP contribution in [0.15, 0.2) is 4.99 Å². The van der Waals surface area contributed by atoms with Crippen molar-refractivity contribution in [3.05, 3.63) is 0 Å². The quantitative estimate of drug-likeness (QED) is 0.0314. The lowest BCUT2D eigenvalue weighted by atomic mass is 10.1. The molecule has 290 valence electrons. The molecule has 1 fully saturated rings. The Balaban J connectivity index is 3.03. The third kappa shape index (κ3) is 13.9. The standard InChI is InChI=1S/C29H52N10O12/c1-12(30)22(44)38-21(15(4)43)27(49)39-10-6-8-18(39)24(46)35-17(11-40)23(45)36-20(14(3)42)26(48)37-19(13(2)41)25(47)34-16(28(50)51)7-5-9-33-29(31)32/h12-21,40-43H,5-11,30H2,1-4H3,(H,34,47)(H,35,46)(H,36,45)(H,37,48)(H,38,44)(H,50,51)(H4,31,32,33)/t12-,13+,14+,15+,16-,17-,18-,19-,20-,21-/m0/s1. The van der Waals surface area contributed by atoms with Crippen LogP contribution in [-0.4, -0.2) is 158 Å². The zero-order valence-corrected chi connectivity index (χ0v) is 28.9. The number of amides is 6. The smallest absolute Gasteiger partial charge is 0.326 e. The van der Waals surface area contributed by atoms with E-state index < -0.39 is 109 Å². The summed E-state index contributed by atoms with van der Waals surface area (Å²) in [5, 5.41) is 61.2. The number of likely N-dealkylation sites (tertiary alicyclic amines) is 1. The minimum Gasteiger partial charge on any atom is -0.480 e. The number of nitrogens with zero attached hydrogens (tertiary/aromatic N) is 2. The van der Waals surface area contributed by atoms with E-state index in [0.717, 1.165) is 18.7 Å². The van der Waals surface area contributed by atoms with Crippen LogP contribution < -0.4 is 43.8 Å². The summed E-state index contributed by atoms with van der Waals surface area (Å²) in [5.41, 5.74) is 16.0. The molecule has 0 aromatic rings. The molecule has 1 rings (SSSR count). The molecule has 51 heavy (non-hydrogen) atoms. The molecule has 0 radical (unpaired) electrons. The lowest BCUT2D eigenvalue weighted by Gasteiger charge is -2.31. The zero-order chi connectivity index (χ0) is 39.2. The predicted molar refractivity (Wildman–Crippen MR) is 178 cm³/mol. The van der Waals surface area contributed by atoms with Crippen LogP contribution in [-0.2, 0) is 33.6 Å². The van der Waals surface area contributed by atoms with Crippen molar-refractivity contribution >= 4 is 47.4 Å². The number of hydrogen-bond donors (Lipinski definition) is 13. The van der Waals surface area contributed by atoms with E-state index in [2.05, 4.69) is 31.6 Å². The number of guanidine groups is 1. The number of carbonyl (C=O) groups excluding carboxylic acids is 6. The van der Waals surface area contributed by atoms with Crippen molar-refractivity contribution in [2.45, 2.75) is 114 Å². The fourth-order valence-electron chi connectivity index (χ4n) is 4.95. The van der Waals surface area contributed by atoms with Gasteiger partial charge in [-0.15, -0.1) is 0 Å². The number of hydrogen-bond acceptors (Lipinski definition) is 13. The van der Waals surface area contributed by atoms with E-state index in [0.29, 0.717) is 6.42 Å². The molecule has 1 heterocycles. The summed E-state index contributed by atoms with van der Waals surface area (Å²) in [7, 11) is 0. The van der Waals surface area contributed by atoms with Crippen LogP contribution in [0.2, 0.25) is 0 Å². The number of aliphatic hydroxyl groups is 4. The minimum absolute atomic E-state index is 0.0671. The van der Waals surface area contributed by atoms with Gasteiger partial charge in [0.1, 0.15) is 36.3 Å². The second-order valence-electron chi connectivity index (χ2n) is 12.3. The SMILES string of the molecule is C[C@H](N)C(=O)N[C@H](C(=O)N1CCC[C@H]1C(=O)N[C@@H](CO)C(=O)N[C@H](C(=O)N[C@H](C(=O)N[C@@H](CCCN=C(N)N)C(=O)O)[C@@H](C)O)[C@@H](C)O)[C@@H](C)O. The second kappa shape index (κ2) is 20.9. The van der Waals surface area contributed by atoms with Gasteiger partial charge in [-0.25, -0.2) is 4.79 Å².